The minimum absolute atomic E-state index is 0.0166. The van der Waals surface area contributed by atoms with E-state index in [4.69, 9.17) is 11.6 Å². The summed E-state index contributed by atoms with van der Waals surface area (Å²) in [5.74, 6) is -0.600. The molecule has 28 heavy (non-hydrogen) atoms. The minimum Gasteiger partial charge on any atom is -0.348 e. The monoisotopic (exact) mass is 399 g/mol. The fourth-order valence-electron chi connectivity index (χ4n) is 5.46. The SMILES string of the molecule is O=C(N[C@@H]1C2CN3CCN(C2)CC1(c1ccccc1)C3)c1cc(Cl)ccc1F. The van der Waals surface area contributed by atoms with Gasteiger partial charge in [-0.15, -0.1) is 0 Å². The van der Waals surface area contributed by atoms with Gasteiger partial charge in [-0.05, 0) is 23.8 Å². The highest BCUT2D eigenvalue weighted by molar-refractivity contribution is 6.31. The zero-order valence-electron chi connectivity index (χ0n) is 15.6. The molecule has 0 saturated carbocycles. The van der Waals surface area contributed by atoms with Gasteiger partial charge in [-0.1, -0.05) is 41.9 Å². The van der Waals surface area contributed by atoms with Crippen LogP contribution in [-0.4, -0.2) is 61.0 Å². The molecule has 6 heteroatoms. The third kappa shape index (κ3) is 2.93. The van der Waals surface area contributed by atoms with Crippen molar-refractivity contribution in [3.8, 4) is 0 Å². The molecule has 0 spiro atoms. The molecule has 146 valence electrons. The number of hydrogen-bond donors (Lipinski definition) is 1. The molecule has 4 heterocycles. The highest BCUT2D eigenvalue weighted by atomic mass is 35.5. The summed E-state index contributed by atoms with van der Waals surface area (Å²) in [4.78, 5) is 18.1. The summed E-state index contributed by atoms with van der Waals surface area (Å²) in [5.41, 5.74) is 1.07. The van der Waals surface area contributed by atoms with Crippen molar-refractivity contribution in [2.45, 2.75) is 11.5 Å². The molecule has 4 saturated heterocycles. The van der Waals surface area contributed by atoms with Crippen LogP contribution < -0.4 is 5.32 Å². The van der Waals surface area contributed by atoms with Crippen LogP contribution in [0.5, 0.6) is 0 Å². The van der Waals surface area contributed by atoms with Gasteiger partial charge in [0.05, 0.1) is 5.56 Å². The first-order chi connectivity index (χ1) is 13.5. The average molecular weight is 400 g/mol. The molecule has 1 amide bonds. The van der Waals surface area contributed by atoms with E-state index in [0.717, 1.165) is 39.3 Å². The first-order valence-corrected chi connectivity index (χ1v) is 10.2. The maximum atomic E-state index is 14.3. The van der Waals surface area contributed by atoms with Crippen LogP contribution in [0.15, 0.2) is 48.5 Å². The molecule has 4 fully saturated rings. The van der Waals surface area contributed by atoms with Gasteiger partial charge < -0.3 is 15.1 Å². The second kappa shape index (κ2) is 6.83. The van der Waals surface area contributed by atoms with Crippen molar-refractivity contribution in [1.29, 1.82) is 0 Å². The molecule has 4 nitrogen and oxygen atoms in total. The molecule has 4 aliphatic heterocycles. The summed E-state index contributed by atoms with van der Waals surface area (Å²) in [5, 5.41) is 3.59. The van der Waals surface area contributed by atoms with Crippen molar-refractivity contribution in [3.05, 3.63) is 70.5 Å². The summed E-state index contributed by atoms with van der Waals surface area (Å²) in [6.45, 7) is 5.88. The number of carbonyl (C=O) groups is 1. The maximum Gasteiger partial charge on any atom is 0.254 e. The Morgan fingerprint density at radius 2 is 1.75 bits per heavy atom. The lowest BCUT2D eigenvalue weighted by Crippen LogP contribution is -2.70. The van der Waals surface area contributed by atoms with Crippen LogP contribution in [0, 0.1) is 11.7 Å². The summed E-state index contributed by atoms with van der Waals surface area (Å²) >= 11 is 6.01. The van der Waals surface area contributed by atoms with Gasteiger partial charge in [0, 0.05) is 61.7 Å². The molecule has 4 aliphatic rings. The van der Waals surface area contributed by atoms with E-state index >= 15 is 0 Å². The first-order valence-electron chi connectivity index (χ1n) is 9.81. The van der Waals surface area contributed by atoms with Gasteiger partial charge in [-0.2, -0.15) is 0 Å². The van der Waals surface area contributed by atoms with Crippen LogP contribution in [0.2, 0.25) is 5.02 Å². The quantitative estimate of drug-likeness (QED) is 0.862. The average Bonchev–Trinajstić information content (AvgIpc) is 2.95. The van der Waals surface area contributed by atoms with Crippen molar-refractivity contribution in [3.63, 3.8) is 0 Å². The Kier molecular flexibility index (Phi) is 4.42. The first kappa shape index (κ1) is 18.1. The van der Waals surface area contributed by atoms with E-state index in [1.165, 1.54) is 23.8 Å². The van der Waals surface area contributed by atoms with Crippen molar-refractivity contribution >= 4 is 17.5 Å². The normalized spacial score (nSPS) is 33.5. The number of carbonyl (C=O) groups excluding carboxylic acids is 1. The highest BCUT2D eigenvalue weighted by Crippen LogP contribution is 2.43. The number of piperidine rings is 2. The van der Waals surface area contributed by atoms with Crippen LogP contribution in [0.4, 0.5) is 4.39 Å². The molecular weight excluding hydrogens is 377 g/mol. The molecule has 0 radical (unpaired) electrons. The molecule has 6 rings (SSSR count). The molecule has 4 bridgehead atoms. The van der Waals surface area contributed by atoms with Gasteiger partial charge in [0.15, 0.2) is 0 Å². The summed E-state index contributed by atoms with van der Waals surface area (Å²) in [6.07, 6.45) is 0. The minimum atomic E-state index is -0.538. The number of nitrogens with one attached hydrogen (secondary N) is 1. The predicted octanol–water partition coefficient (Wildman–Crippen LogP) is 2.78. The number of fused-ring (bicyclic) bond motifs is 1. The maximum absolute atomic E-state index is 14.3. The Bertz CT molecular complexity index is 890. The third-order valence-corrected chi connectivity index (χ3v) is 6.84. The zero-order valence-corrected chi connectivity index (χ0v) is 16.3. The van der Waals surface area contributed by atoms with E-state index in [0.29, 0.717) is 10.9 Å². The summed E-state index contributed by atoms with van der Waals surface area (Å²) < 4.78 is 14.3. The predicted molar refractivity (Wildman–Crippen MR) is 107 cm³/mol. The van der Waals surface area contributed by atoms with Gasteiger partial charge >= 0.3 is 0 Å². The second-order valence-corrected chi connectivity index (χ2v) is 8.76. The van der Waals surface area contributed by atoms with Crippen LogP contribution >= 0.6 is 11.6 Å². The standard InChI is InChI=1S/C22H23ClFN3O/c23-17-6-7-19(24)18(10-17)21(28)25-20-15-11-26-8-9-27(12-15)14-22(20,13-26)16-4-2-1-3-5-16/h1-7,10,15,20H,8-9,11-14H2,(H,25,28)/t15?,20-,22?/m1/s1. The van der Waals surface area contributed by atoms with E-state index in [-0.39, 0.29) is 22.9 Å². The molecule has 3 atom stereocenters. The molecule has 1 N–H and O–H groups in total. The van der Waals surface area contributed by atoms with Gasteiger partial charge in [0.25, 0.3) is 5.91 Å². The second-order valence-electron chi connectivity index (χ2n) is 8.33. The molecule has 2 aromatic rings. The fourth-order valence-corrected chi connectivity index (χ4v) is 5.63. The number of hydrogen-bond acceptors (Lipinski definition) is 3. The lowest BCUT2D eigenvalue weighted by Gasteiger charge is -2.55. The van der Waals surface area contributed by atoms with Gasteiger partial charge in [-0.25, -0.2) is 4.39 Å². The van der Waals surface area contributed by atoms with Crippen molar-refractivity contribution in [1.82, 2.24) is 15.1 Å². The zero-order chi connectivity index (χ0) is 19.3. The van der Waals surface area contributed by atoms with E-state index in [2.05, 4.69) is 39.4 Å². The Morgan fingerprint density at radius 1 is 1.07 bits per heavy atom. The van der Waals surface area contributed by atoms with Crippen LogP contribution in [-0.2, 0) is 5.41 Å². The molecular formula is C22H23ClFN3O. The fraction of sp³-hybridized carbons (Fsp3) is 0.409. The van der Waals surface area contributed by atoms with Gasteiger partial charge in [-0.3, -0.25) is 4.79 Å². The van der Waals surface area contributed by atoms with E-state index < -0.39 is 5.82 Å². The van der Waals surface area contributed by atoms with E-state index in [1.54, 1.807) is 0 Å². The van der Waals surface area contributed by atoms with Crippen molar-refractivity contribution < 1.29 is 9.18 Å². The number of benzene rings is 2. The van der Waals surface area contributed by atoms with Crippen molar-refractivity contribution in [2.75, 3.05) is 39.3 Å². The summed E-state index contributed by atoms with van der Waals surface area (Å²) in [6, 6.07) is 14.6. The van der Waals surface area contributed by atoms with Gasteiger partial charge in [0.1, 0.15) is 5.82 Å². The number of halogens is 2. The topological polar surface area (TPSA) is 35.6 Å². The summed E-state index contributed by atoms with van der Waals surface area (Å²) in [7, 11) is 0. The Balaban J connectivity index is 1.54. The Morgan fingerprint density at radius 3 is 2.43 bits per heavy atom. The van der Waals surface area contributed by atoms with Crippen molar-refractivity contribution in [2.24, 2.45) is 5.92 Å². The van der Waals surface area contributed by atoms with Crippen LogP contribution in [0.25, 0.3) is 0 Å². The molecule has 0 aromatic heterocycles. The van der Waals surface area contributed by atoms with E-state index in [9.17, 15) is 9.18 Å². The van der Waals surface area contributed by atoms with Crippen LogP contribution in [0.1, 0.15) is 15.9 Å². The van der Waals surface area contributed by atoms with Gasteiger partial charge in [0.2, 0.25) is 0 Å². The molecule has 2 aromatic carbocycles. The molecule has 0 aliphatic carbocycles. The number of nitrogens with zero attached hydrogens (tertiary/aromatic N) is 2. The molecule has 2 unspecified atom stereocenters. The lowest BCUT2D eigenvalue weighted by molar-refractivity contribution is 0.0180. The Labute approximate surface area is 169 Å². The largest absolute Gasteiger partial charge is 0.348 e. The van der Waals surface area contributed by atoms with Crippen LogP contribution in [0.3, 0.4) is 0 Å². The number of amides is 1. The lowest BCUT2D eigenvalue weighted by atomic mass is 9.64. The smallest absolute Gasteiger partial charge is 0.254 e. The highest BCUT2D eigenvalue weighted by Gasteiger charge is 2.55. The third-order valence-electron chi connectivity index (χ3n) is 6.60. The Hall–Kier alpha value is -1.95. The van der Waals surface area contributed by atoms with E-state index in [1.807, 2.05) is 6.07 Å². The number of rotatable bonds is 3.